The first-order chi connectivity index (χ1) is 9.78. The Morgan fingerprint density at radius 3 is 3.05 bits per heavy atom. The Balaban J connectivity index is 1.83. The number of ether oxygens (including phenoxy) is 1. The van der Waals surface area contributed by atoms with Crippen LogP contribution in [-0.2, 0) is 11.2 Å². The molecule has 2 heterocycles. The minimum absolute atomic E-state index is 0.321. The van der Waals surface area contributed by atoms with Gasteiger partial charge in [-0.1, -0.05) is 18.2 Å². The second kappa shape index (κ2) is 5.21. The van der Waals surface area contributed by atoms with Gasteiger partial charge in [0.25, 0.3) is 0 Å². The van der Waals surface area contributed by atoms with E-state index >= 15 is 0 Å². The highest BCUT2D eigenvalue weighted by Crippen LogP contribution is 2.20. The van der Waals surface area contributed by atoms with Crippen LogP contribution in [0.1, 0.15) is 28.7 Å². The number of para-hydroxylation sites is 1. The summed E-state index contributed by atoms with van der Waals surface area (Å²) in [6.07, 6.45) is 2.67. The number of nitrogens with zero attached hydrogens (tertiary/aromatic N) is 1. The number of fused-ring (bicyclic) bond motifs is 1. The molecule has 0 radical (unpaired) electrons. The lowest BCUT2D eigenvalue weighted by Crippen LogP contribution is -2.04. The largest absolute Gasteiger partial charge is 0.461 e. The van der Waals surface area contributed by atoms with Crippen LogP contribution in [0.3, 0.4) is 0 Å². The Morgan fingerprint density at radius 1 is 1.35 bits per heavy atom. The summed E-state index contributed by atoms with van der Waals surface area (Å²) in [5.41, 5.74) is 3.48. The Bertz CT molecular complexity index is 742. The predicted molar refractivity (Wildman–Crippen MR) is 75.6 cm³/mol. The predicted octanol–water partition coefficient (Wildman–Crippen LogP) is 2.66. The number of carbonyl (C=O) groups is 1. The average molecular weight is 269 g/mol. The van der Waals surface area contributed by atoms with Crippen molar-refractivity contribution in [1.82, 2.24) is 15.2 Å². The third-order valence-corrected chi connectivity index (χ3v) is 3.17. The molecule has 0 spiro atoms. The molecular weight excluding hydrogens is 254 g/mol. The second-order valence-electron chi connectivity index (χ2n) is 4.54. The van der Waals surface area contributed by atoms with Gasteiger partial charge >= 0.3 is 5.97 Å². The molecule has 5 heteroatoms. The molecule has 1 aromatic carbocycles. The maximum absolute atomic E-state index is 11.6. The third kappa shape index (κ3) is 2.30. The number of nitrogens with one attached hydrogen (secondary N) is 2. The molecule has 0 unspecified atom stereocenters. The molecule has 3 rings (SSSR count). The number of esters is 1. The van der Waals surface area contributed by atoms with Crippen LogP contribution >= 0.6 is 0 Å². The van der Waals surface area contributed by atoms with E-state index in [1.807, 2.05) is 24.4 Å². The van der Waals surface area contributed by atoms with Gasteiger partial charge in [0.1, 0.15) is 0 Å². The van der Waals surface area contributed by atoms with Gasteiger partial charge in [-0.3, -0.25) is 5.10 Å². The highest BCUT2D eigenvalue weighted by Gasteiger charge is 2.12. The molecule has 0 bridgehead atoms. The number of carbonyl (C=O) groups excluding carboxylic acids is 1. The first-order valence-corrected chi connectivity index (χ1v) is 6.54. The Hall–Kier alpha value is -2.56. The molecule has 0 saturated heterocycles. The average Bonchev–Trinajstić information content (AvgIpc) is 3.08. The monoisotopic (exact) mass is 269 g/mol. The van der Waals surface area contributed by atoms with E-state index in [-0.39, 0.29) is 0 Å². The van der Waals surface area contributed by atoms with E-state index in [1.54, 1.807) is 13.0 Å². The van der Waals surface area contributed by atoms with Gasteiger partial charge in [-0.05, 0) is 24.6 Å². The number of rotatable bonds is 4. The zero-order valence-corrected chi connectivity index (χ0v) is 11.1. The van der Waals surface area contributed by atoms with E-state index in [2.05, 4.69) is 21.2 Å². The van der Waals surface area contributed by atoms with E-state index in [1.165, 1.54) is 10.9 Å². The minimum Gasteiger partial charge on any atom is -0.461 e. The number of aromatic nitrogens is 3. The molecule has 0 atom stereocenters. The minimum atomic E-state index is -0.395. The molecule has 2 aromatic heterocycles. The van der Waals surface area contributed by atoms with Gasteiger partial charge < -0.3 is 9.72 Å². The van der Waals surface area contributed by atoms with Crippen molar-refractivity contribution in [2.45, 2.75) is 13.3 Å². The second-order valence-corrected chi connectivity index (χ2v) is 4.54. The zero-order valence-electron chi connectivity index (χ0n) is 11.1. The van der Waals surface area contributed by atoms with Crippen molar-refractivity contribution >= 4 is 16.9 Å². The van der Waals surface area contributed by atoms with Crippen LogP contribution in [0, 0.1) is 0 Å². The van der Waals surface area contributed by atoms with Crippen LogP contribution in [0.5, 0.6) is 0 Å². The van der Waals surface area contributed by atoms with Crippen molar-refractivity contribution < 1.29 is 9.53 Å². The molecule has 0 amide bonds. The van der Waals surface area contributed by atoms with Crippen molar-refractivity contribution in [2.24, 2.45) is 0 Å². The molecule has 0 aliphatic heterocycles. The maximum atomic E-state index is 11.6. The fraction of sp³-hybridized carbons (Fsp3) is 0.200. The zero-order chi connectivity index (χ0) is 13.9. The number of aromatic amines is 2. The molecule has 0 fully saturated rings. The lowest BCUT2D eigenvalue weighted by atomic mass is 10.1. The third-order valence-electron chi connectivity index (χ3n) is 3.17. The summed E-state index contributed by atoms with van der Waals surface area (Å²) in [5, 5.41) is 8.05. The van der Waals surface area contributed by atoms with E-state index in [0.29, 0.717) is 18.7 Å². The van der Waals surface area contributed by atoms with E-state index < -0.39 is 5.97 Å². The quantitative estimate of drug-likeness (QED) is 0.715. The van der Waals surface area contributed by atoms with Gasteiger partial charge in [0.15, 0.2) is 5.69 Å². The molecule has 2 N–H and O–H groups in total. The fourth-order valence-corrected chi connectivity index (χ4v) is 2.24. The topological polar surface area (TPSA) is 70.8 Å². The summed E-state index contributed by atoms with van der Waals surface area (Å²) in [4.78, 5) is 14.8. The molecule has 0 saturated carbocycles. The van der Waals surface area contributed by atoms with Gasteiger partial charge in [0.2, 0.25) is 0 Å². The maximum Gasteiger partial charge on any atom is 0.358 e. The highest BCUT2D eigenvalue weighted by molar-refractivity contribution is 5.87. The Labute approximate surface area is 116 Å². The molecule has 0 aliphatic carbocycles. The van der Waals surface area contributed by atoms with Gasteiger partial charge in [-0.15, -0.1) is 0 Å². The van der Waals surface area contributed by atoms with Gasteiger partial charge in [-0.2, -0.15) is 5.10 Å². The van der Waals surface area contributed by atoms with E-state index in [9.17, 15) is 4.79 Å². The van der Waals surface area contributed by atoms with Crippen molar-refractivity contribution in [1.29, 1.82) is 0 Å². The summed E-state index contributed by atoms with van der Waals surface area (Å²) in [6, 6.07) is 9.85. The van der Waals surface area contributed by atoms with E-state index in [0.717, 1.165) is 11.2 Å². The SMILES string of the molecule is CCOC(=O)c1cc(Cc2c[nH]c3ccccc23)[nH]n1. The van der Waals surface area contributed by atoms with Crippen LogP contribution in [0.25, 0.3) is 10.9 Å². The normalized spacial score (nSPS) is 10.8. The number of hydrogen-bond donors (Lipinski definition) is 2. The lowest BCUT2D eigenvalue weighted by molar-refractivity contribution is 0.0519. The van der Waals surface area contributed by atoms with Crippen LogP contribution in [0.4, 0.5) is 0 Å². The van der Waals surface area contributed by atoms with E-state index in [4.69, 9.17) is 4.74 Å². The van der Waals surface area contributed by atoms with Crippen molar-refractivity contribution in [3.05, 3.63) is 53.5 Å². The Morgan fingerprint density at radius 2 is 2.20 bits per heavy atom. The van der Waals surface area contributed by atoms with Gasteiger partial charge in [-0.25, -0.2) is 4.79 Å². The van der Waals surface area contributed by atoms with Crippen LogP contribution in [-0.4, -0.2) is 27.8 Å². The van der Waals surface area contributed by atoms with Gasteiger partial charge in [0.05, 0.1) is 6.61 Å². The summed E-state index contributed by atoms with van der Waals surface area (Å²) in [7, 11) is 0. The molecule has 3 aromatic rings. The molecule has 102 valence electrons. The summed E-state index contributed by atoms with van der Waals surface area (Å²) in [5.74, 6) is -0.395. The standard InChI is InChI=1S/C15H15N3O2/c1-2-20-15(19)14-8-11(17-18-14)7-10-9-16-13-6-4-3-5-12(10)13/h3-6,8-9,16H,2,7H2,1H3,(H,17,18). The molecule has 5 nitrogen and oxygen atoms in total. The van der Waals surface area contributed by atoms with Gasteiger partial charge in [0, 0.05) is 29.2 Å². The first kappa shape index (κ1) is 12.5. The van der Waals surface area contributed by atoms with Crippen LogP contribution < -0.4 is 0 Å². The smallest absolute Gasteiger partial charge is 0.358 e. The number of benzene rings is 1. The van der Waals surface area contributed by atoms with Crippen molar-refractivity contribution in [3.63, 3.8) is 0 Å². The summed E-state index contributed by atoms with van der Waals surface area (Å²) < 4.78 is 4.92. The van der Waals surface area contributed by atoms with Crippen LogP contribution in [0.15, 0.2) is 36.5 Å². The molecule has 0 aliphatic rings. The summed E-state index contributed by atoms with van der Waals surface area (Å²) in [6.45, 7) is 2.13. The number of hydrogen-bond acceptors (Lipinski definition) is 3. The van der Waals surface area contributed by atoms with Crippen molar-refractivity contribution in [3.8, 4) is 0 Å². The lowest BCUT2D eigenvalue weighted by Gasteiger charge is -1.96. The summed E-state index contributed by atoms with van der Waals surface area (Å²) >= 11 is 0. The highest BCUT2D eigenvalue weighted by atomic mass is 16.5. The first-order valence-electron chi connectivity index (χ1n) is 6.54. The van der Waals surface area contributed by atoms with Crippen molar-refractivity contribution in [2.75, 3.05) is 6.61 Å². The fourth-order valence-electron chi connectivity index (χ4n) is 2.24. The molecule has 20 heavy (non-hydrogen) atoms. The van der Waals surface area contributed by atoms with Crippen LogP contribution in [0.2, 0.25) is 0 Å². The Kier molecular flexibility index (Phi) is 3.25. The molecular formula is C15H15N3O2. The number of H-pyrrole nitrogens is 2.